The first-order valence-electron chi connectivity index (χ1n) is 16.9. The second-order valence-electron chi connectivity index (χ2n) is 12.2. The summed E-state index contributed by atoms with van der Waals surface area (Å²) in [4.78, 5) is 2.25. The predicted molar refractivity (Wildman–Crippen MR) is 233 cm³/mol. The van der Waals surface area contributed by atoms with Gasteiger partial charge in [0.15, 0.2) is 37.2 Å². The average molecular weight is 925 g/mol. The molecule has 0 saturated heterocycles. The van der Waals surface area contributed by atoms with Gasteiger partial charge in [0, 0.05) is 54.6 Å². The number of para-hydroxylation sites is 1. The summed E-state index contributed by atoms with van der Waals surface area (Å²) < 4.78 is 12.3. The number of aryl methyl sites for hydroxylation is 6. The summed E-state index contributed by atoms with van der Waals surface area (Å²) in [5.74, 6) is 3.27. The molecule has 0 atom stereocenters. The van der Waals surface area contributed by atoms with Crippen LogP contribution in [0.3, 0.4) is 0 Å². The second-order valence-corrected chi connectivity index (χ2v) is 12.2. The monoisotopic (exact) mass is 923 g/mol. The highest BCUT2D eigenvalue weighted by molar-refractivity contribution is 14.0. The van der Waals surface area contributed by atoms with Crippen molar-refractivity contribution in [3.8, 4) is 0 Å². The molecule has 1 aromatic carbocycles. The summed E-state index contributed by atoms with van der Waals surface area (Å²) in [5, 5.41) is 6.70. The van der Waals surface area contributed by atoms with Crippen LogP contribution in [0.4, 0.5) is 40.2 Å². The van der Waals surface area contributed by atoms with E-state index in [4.69, 9.17) is 0 Å². The second kappa shape index (κ2) is 22.9. The maximum Gasteiger partial charge on any atom is 0.286 e. The molecule has 0 aliphatic carbocycles. The van der Waals surface area contributed by atoms with Gasteiger partial charge in [0.1, 0.15) is 43.9 Å². The van der Waals surface area contributed by atoms with Crippen molar-refractivity contribution < 1.29 is 27.4 Å². The number of pyridine rings is 6. The van der Waals surface area contributed by atoms with E-state index in [0.29, 0.717) is 0 Å². The maximum atomic E-state index is 3.35. The van der Waals surface area contributed by atoms with Gasteiger partial charge in [-0.2, -0.15) is 4.90 Å². The van der Waals surface area contributed by atoms with Crippen LogP contribution in [0.25, 0.3) is 0 Å². The van der Waals surface area contributed by atoms with Gasteiger partial charge in [-0.25, -0.2) is 38.0 Å². The van der Waals surface area contributed by atoms with Gasteiger partial charge in [-0.3, -0.25) is 0 Å². The summed E-state index contributed by atoms with van der Waals surface area (Å²) in [7, 11) is 12.1. The van der Waals surface area contributed by atoms with Gasteiger partial charge in [0.05, 0.1) is 39.7 Å². The zero-order chi connectivity index (χ0) is 36.0. The third-order valence-electron chi connectivity index (χ3n) is 8.10. The number of halogens is 3. The third kappa shape index (κ3) is 13.5. The van der Waals surface area contributed by atoms with E-state index < -0.39 is 0 Å². The molecule has 12 heteroatoms. The Balaban J connectivity index is 0.000000278. The molecule has 0 unspecified atom stereocenters. The van der Waals surface area contributed by atoms with Crippen LogP contribution < -0.4 is 42.9 Å². The first kappa shape index (κ1) is 45.2. The van der Waals surface area contributed by atoms with Crippen molar-refractivity contribution in [2.24, 2.45) is 42.3 Å². The number of hydrogen-bond donors (Lipinski definition) is 2. The van der Waals surface area contributed by atoms with E-state index in [2.05, 4.69) is 94.3 Å². The summed E-state index contributed by atoms with van der Waals surface area (Å²) >= 11 is 0. The highest BCUT2D eigenvalue weighted by atomic mass is 127. The first-order chi connectivity index (χ1) is 24.8. The topological polar surface area (TPSA) is 50.6 Å². The van der Waals surface area contributed by atoms with Crippen LogP contribution in [0.1, 0.15) is 0 Å². The van der Waals surface area contributed by atoms with Gasteiger partial charge in [0.2, 0.25) is 0 Å². The number of hydrogen-bond acceptors (Lipinski definition) is 3. The van der Waals surface area contributed by atoms with Gasteiger partial charge in [0.25, 0.3) is 17.5 Å². The number of benzene rings is 1. The summed E-state index contributed by atoms with van der Waals surface area (Å²) in [6, 6.07) is 41.2. The number of aromatic nitrogens is 6. The Kier molecular flexibility index (Phi) is 19.2. The minimum absolute atomic E-state index is 0. The van der Waals surface area contributed by atoms with Crippen molar-refractivity contribution in [1.29, 1.82) is 0 Å². The average Bonchev–Trinajstić information content (AvgIpc) is 3.15. The van der Waals surface area contributed by atoms with Crippen molar-refractivity contribution in [2.75, 3.05) is 15.5 Å². The molecule has 0 radical (unpaired) electrons. The number of rotatable bonds is 7. The van der Waals surface area contributed by atoms with Gasteiger partial charge in [-0.05, 0) is 30.3 Å². The van der Waals surface area contributed by atoms with Crippen LogP contribution in [-0.4, -0.2) is 0 Å². The molecule has 0 aliphatic rings. The molecule has 7 rings (SSSR count). The Morgan fingerprint density at radius 3 is 1.15 bits per heavy atom. The Morgan fingerprint density at radius 1 is 0.389 bits per heavy atom. The smallest absolute Gasteiger partial charge is 0.240 e. The van der Waals surface area contributed by atoms with Gasteiger partial charge in [-0.1, -0.05) is 36.4 Å². The standard InChI is InChI=1S/C18H19N3.2C12H14N3.BrH.ClH.HI/c1-19-14-11-17(12-15-19)21(16-8-4-3-5-9-16)18-10-6-7-13-20(18)2;2*1-14-9-6-11(7-10-14)13-12-5-3-4-8-15(12)2;;;/h3-15H,1-2H3;2*3-10H,1-2H3;3*1H/q+2;2*+1;;;/p+2. The normalized spacial score (nSPS) is 9.59. The molecule has 0 saturated carbocycles. The number of nitrogens with one attached hydrogen (secondary N) is 2. The zero-order valence-corrected chi connectivity index (χ0v) is 36.5. The lowest BCUT2D eigenvalue weighted by molar-refractivity contribution is -0.671. The highest BCUT2D eigenvalue weighted by Gasteiger charge is 2.23. The minimum Gasteiger partial charge on any atom is -0.240 e. The molecular weight excluding hydrogens is 873 g/mol. The van der Waals surface area contributed by atoms with E-state index in [9.17, 15) is 0 Å². The van der Waals surface area contributed by atoms with Crippen molar-refractivity contribution in [3.05, 3.63) is 177 Å². The molecular formula is C42H52BrClIN9+6. The Morgan fingerprint density at radius 2 is 0.741 bits per heavy atom. The van der Waals surface area contributed by atoms with E-state index in [1.165, 1.54) is 0 Å². The lowest BCUT2D eigenvalue weighted by Crippen LogP contribution is -2.35. The fraction of sp³-hybridized carbons (Fsp3) is 0.143. The molecule has 7 aromatic rings. The third-order valence-corrected chi connectivity index (χ3v) is 8.10. The number of nitrogens with zero attached hydrogens (tertiary/aromatic N) is 7. The maximum absolute atomic E-state index is 3.35. The molecule has 0 spiro atoms. The van der Waals surface area contributed by atoms with Crippen LogP contribution in [0, 0.1) is 0 Å². The highest BCUT2D eigenvalue weighted by Crippen LogP contribution is 2.31. The molecule has 9 nitrogen and oxygen atoms in total. The molecule has 0 bridgehead atoms. The molecule has 0 aliphatic heterocycles. The SMILES string of the molecule is Br.C[n+]1ccc(N(c2ccccc2)c2cccc[n+]2C)cc1.C[n+]1ccc(Nc2cccc[n+]2C)cc1.C[n+]1ccc(Nc2cccc[n+]2C)cc1.Cl.I. The minimum atomic E-state index is 0. The fourth-order valence-corrected chi connectivity index (χ4v) is 5.15. The first-order valence-corrected chi connectivity index (χ1v) is 16.9. The molecule has 280 valence electrons. The van der Waals surface area contributed by atoms with Gasteiger partial charge >= 0.3 is 0 Å². The lowest BCUT2D eigenvalue weighted by atomic mass is 10.2. The van der Waals surface area contributed by atoms with Crippen molar-refractivity contribution >= 4 is 93.6 Å². The summed E-state index contributed by atoms with van der Waals surface area (Å²) in [6.07, 6.45) is 18.3. The van der Waals surface area contributed by atoms with Crippen LogP contribution in [0.5, 0.6) is 0 Å². The number of anilines is 7. The fourth-order valence-electron chi connectivity index (χ4n) is 5.15. The molecule has 0 amide bonds. The van der Waals surface area contributed by atoms with Gasteiger partial charge < -0.3 is 0 Å². The van der Waals surface area contributed by atoms with E-state index in [1.807, 2.05) is 168 Å². The quantitative estimate of drug-likeness (QED) is 0.141. The Labute approximate surface area is 353 Å². The lowest BCUT2D eigenvalue weighted by Gasteiger charge is -2.17. The largest absolute Gasteiger partial charge is 0.286 e. The van der Waals surface area contributed by atoms with Crippen LogP contribution in [0.15, 0.2) is 177 Å². The zero-order valence-electron chi connectivity index (χ0n) is 31.6. The van der Waals surface area contributed by atoms with Crippen LogP contribution in [-0.2, 0) is 42.3 Å². The van der Waals surface area contributed by atoms with E-state index in [0.717, 1.165) is 40.2 Å². The van der Waals surface area contributed by atoms with E-state index >= 15 is 0 Å². The molecule has 0 fully saturated rings. The molecule has 54 heavy (non-hydrogen) atoms. The summed E-state index contributed by atoms with van der Waals surface area (Å²) in [5.41, 5.74) is 4.47. The van der Waals surface area contributed by atoms with Crippen molar-refractivity contribution in [3.63, 3.8) is 0 Å². The summed E-state index contributed by atoms with van der Waals surface area (Å²) in [6.45, 7) is 0. The Hall–Kier alpha value is -4.98. The van der Waals surface area contributed by atoms with Crippen LogP contribution >= 0.6 is 53.4 Å². The van der Waals surface area contributed by atoms with Crippen molar-refractivity contribution in [1.82, 2.24) is 0 Å². The molecule has 2 N–H and O–H groups in total. The van der Waals surface area contributed by atoms with Crippen LogP contribution in [0.2, 0.25) is 0 Å². The molecule has 6 heterocycles. The van der Waals surface area contributed by atoms with E-state index in [1.54, 1.807) is 0 Å². The Bertz CT molecular complexity index is 2030. The van der Waals surface area contributed by atoms with E-state index in [-0.39, 0.29) is 53.4 Å². The predicted octanol–water partition coefficient (Wildman–Crippen LogP) is 6.58. The van der Waals surface area contributed by atoms with Crippen molar-refractivity contribution in [2.45, 2.75) is 0 Å². The molecule has 6 aromatic heterocycles. The van der Waals surface area contributed by atoms with Gasteiger partial charge in [-0.15, -0.1) is 53.4 Å².